The maximum Gasteiger partial charge on any atom is 0.352 e. The molecule has 2 aromatic rings. The molecule has 1 aromatic carbocycles. The average Bonchev–Trinajstić information content (AvgIpc) is 3.25. The summed E-state index contributed by atoms with van der Waals surface area (Å²) in [5.74, 6) is -1.26. The predicted molar refractivity (Wildman–Crippen MR) is 127 cm³/mol. The zero-order valence-electron chi connectivity index (χ0n) is 19.0. The van der Waals surface area contributed by atoms with Gasteiger partial charge < -0.3 is 24.4 Å². The van der Waals surface area contributed by atoms with E-state index >= 15 is 0 Å². The van der Waals surface area contributed by atoms with E-state index in [0.717, 1.165) is 31.5 Å². The number of carboxylic acid groups (broad SMARTS) is 1. The molecular formula is C24H28N3O6S+. The summed E-state index contributed by atoms with van der Waals surface area (Å²) in [5.41, 5.74) is 1.83. The number of nitrogens with zero attached hydrogens (tertiary/aromatic N) is 3. The molecule has 5 rings (SSSR count). The van der Waals surface area contributed by atoms with Gasteiger partial charge in [0.2, 0.25) is 5.91 Å². The molecule has 2 fully saturated rings. The summed E-state index contributed by atoms with van der Waals surface area (Å²) in [7, 11) is 0. The topological polar surface area (TPSA) is 120 Å². The molecule has 0 unspecified atom stereocenters. The van der Waals surface area contributed by atoms with Gasteiger partial charge in [-0.05, 0) is 13.0 Å². The average molecular weight is 487 g/mol. The third-order valence-corrected chi connectivity index (χ3v) is 8.55. The van der Waals surface area contributed by atoms with Crippen LogP contribution in [0.15, 0.2) is 34.4 Å². The number of aromatic nitrogens is 1. The number of phenols is 2. The number of pyridine rings is 1. The Kier molecular flexibility index (Phi) is 5.60. The SMILES string of the molecule is CCn1cc(C[N+]2(CC3=C(C(=O)O)N4C(=O)C[C@H]4SC3)CCCC2)c(=O)c2cc(O)c(O)cc21. The lowest BCUT2D eigenvalue weighted by Crippen LogP contribution is -2.56. The van der Waals surface area contributed by atoms with Gasteiger partial charge in [-0.25, -0.2) is 4.79 Å². The number of hydrogen-bond acceptors (Lipinski definition) is 6. The van der Waals surface area contributed by atoms with Crippen molar-refractivity contribution in [1.29, 1.82) is 0 Å². The third kappa shape index (κ3) is 3.65. The number of fused-ring (bicyclic) bond motifs is 2. The number of carbonyl (C=O) groups excluding carboxylic acids is 1. The Bertz CT molecular complexity index is 1290. The highest BCUT2D eigenvalue weighted by molar-refractivity contribution is 8.00. The van der Waals surface area contributed by atoms with Crippen molar-refractivity contribution >= 4 is 34.5 Å². The van der Waals surface area contributed by atoms with Gasteiger partial charge in [-0.1, -0.05) is 0 Å². The number of carboxylic acids is 1. The highest BCUT2D eigenvalue weighted by Crippen LogP contribution is 2.41. The van der Waals surface area contributed by atoms with E-state index in [1.54, 1.807) is 11.8 Å². The number of thioether (sulfide) groups is 1. The summed E-state index contributed by atoms with van der Waals surface area (Å²) >= 11 is 1.60. The summed E-state index contributed by atoms with van der Waals surface area (Å²) in [6.45, 7) is 5.09. The van der Waals surface area contributed by atoms with Crippen molar-refractivity contribution < 1.29 is 29.4 Å². The number of β-lactam (4-membered cyclic amide) rings is 1. The molecule has 1 aromatic heterocycles. The summed E-state index contributed by atoms with van der Waals surface area (Å²) < 4.78 is 2.45. The molecule has 3 aliphatic rings. The van der Waals surface area contributed by atoms with Crippen LogP contribution in [0.3, 0.4) is 0 Å². The number of aliphatic carboxylic acids is 1. The van der Waals surface area contributed by atoms with Crippen molar-refractivity contribution in [3.8, 4) is 11.5 Å². The zero-order chi connectivity index (χ0) is 24.2. The standard InChI is InChI=1S/C24H27N3O6S/c1-2-25-10-14(23(31)16-7-18(28)19(29)8-17(16)25)11-27(5-3-4-6-27)12-15-13-34-21-9-20(30)26(21)22(15)24(32)33/h7-8,10,21H,2-6,9,11-13H2,1H3,(H2-,28,29,31,32,33)/p+1/t21-/m1/s1. The van der Waals surface area contributed by atoms with Gasteiger partial charge in [0.1, 0.15) is 18.8 Å². The molecule has 1 amide bonds. The van der Waals surface area contributed by atoms with Crippen LogP contribution in [0.2, 0.25) is 0 Å². The minimum absolute atomic E-state index is 0.0873. The molecule has 34 heavy (non-hydrogen) atoms. The summed E-state index contributed by atoms with van der Waals surface area (Å²) in [6, 6.07) is 2.72. The largest absolute Gasteiger partial charge is 0.504 e. The number of aromatic hydroxyl groups is 2. The first-order valence-corrected chi connectivity index (χ1v) is 12.6. The Morgan fingerprint density at radius 1 is 1.15 bits per heavy atom. The number of hydrogen-bond donors (Lipinski definition) is 3. The normalized spacial score (nSPS) is 21.6. The number of aryl methyl sites for hydroxylation is 1. The number of carbonyl (C=O) groups is 2. The quantitative estimate of drug-likeness (QED) is 0.325. The maximum absolute atomic E-state index is 13.4. The van der Waals surface area contributed by atoms with Crippen molar-refractivity contribution in [2.75, 3.05) is 25.4 Å². The van der Waals surface area contributed by atoms with Crippen LogP contribution in [0.5, 0.6) is 11.5 Å². The number of rotatable bonds is 6. The van der Waals surface area contributed by atoms with Crippen LogP contribution in [0.25, 0.3) is 10.9 Å². The maximum atomic E-state index is 13.4. The van der Waals surface area contributed by atoms with Crippen LogP contribution in [0.4, 0.5) is 0 Å². The van der Waals surface area contributed by atoms with Crippen LogP contribution in [0.1, 0.15) is 31.7 Å². The molecule has 1 atom stereocenters. The second kappa shape index (κ2) is 8.35. The number of benzene rings is 1. The van der Waals surface area contributed by atoms with Crippen molar-refractivity contribution in [3.05, 3.63) is 45.4 Å². The molecule has 9 nitrogen and oxygen atoms in total. The first kappa shape index (κ1) is 22.8. The smallest absolute Gasteiger partial charge is 0.352 e. The molecule has 10 heteroatoms. The number of phenolic OH excluding ortho intramolecular Hbond substituents is 2. The van der Waals surface area contributed by atoms with E-state index in [4.69, 9.17) is 0 Å². The number of amides is 1. The molecule has 3 aliphatic heterocycles. The molecule has 0 spiro atoms. The van der Waals surface area contributed by atoms with Crippen molar-refractivity contribution in [3.63, 3.8) is 0 Å². The van der Waals surface area contributed by atoms with Crippen LogP contribution < -0.4 is 5.43 Å². The fourth-order valence-corrected chi connectivity index (χ4v) is 6.85. The van der Waals surface area contributed by atoms with Crippen LogP contribution >= 0.6 is 11.8 Å². The van der Waals surface area contributed by atoms with Gasteiger partial charge in [-0.3, -0.25) is 14.5 Å². The van der Waals surface area contributed by atoms with Gasteiger partial charge in [0.15, 0.2) is 16.9 Å². The van der Waals surface area contributed by atoms with Gasteiger partial charge in [-0.15, -0.1) is 11.8 Å². The minimum Gasteiger partial charge on any atom is -0.504 e. The summed E-state index contributed by atoms with van der Waals surface area (Å²) in [4.78, 5) is 39.1. The van der Waals surface area contributed by atoms with E-state index in [1.807, 2.05) is 17.7 Å². The fraction of sp³-hybridized carbons (Fsp3) is 0.458. The Morgan fingerprint density at radius 3 is 2.50 bits per heavy atom. The van der Waals surface area contributed by atoms with Crippen molar-refractivity contribution in [2.45, 2.75) is 44.6 Å². The van der Waals surface area contributed by atoms with Gasteiger partial charge in [0.25, 0.3) is 0 Å². The Labute approximate surface area is 200 Å². The highest BCUT2D eigenvalue weighted by Gasteiger charge is 2.47. The molecule has 3 N–H and O–H groups in total. The second-order valence-corrected chi connectivity index (χ2v) is 10.6. The first-order chi connectivity index (χ1) is 16.2. The monoisotopic (exact) mass is 486 g/mol. The molecular weight excluding hydrogens is 458 g/mol. The number of quaternary nitrogens is 1. The first-order valence-electron chi connectivity index (χ1n) is 11.5. The lowest BCUT2D eigenvalue weighted by molar-refractivity contribution is -0.925. The Morgan fingerprint density at radius 2 is 1.85 bits per heavy atom. The van der Waals surface area contributed by atoms with Crippen LogP contribution in [-0.2, 0) is 22.7 Å². The Hall–Kier alpha value is -2.98. The lowest BCUT2D eigenvalue weighted by atomic mass is 10.1. The van der Waals surface area contributed by atoms with E-state index < -0.39 is 5.97 Å². The van der Waals surface area contributed by atoms with Crippen molar-refractivity contribution in [1.82, 2.24) is 9.47 Å². The van der Waals surface area contributed by atoms with E-state index in [1.165, 1.54) is 17.0 Å². The van der Waals surface area contributed by atoms with Crippen LogP contribution in [0, 0.1) is 0 Å². The Balaban J connectivity index is 1.56. The molecule has 180 valence electrons. The number of likely N-dealkylation sites (tertiary alicyclic amines) is 1. The molecule has 2 saturated heterocycles. The molecule has 0 aliphatic carbocycles. The van der Waals surface area contributed by atoms with Gasteiger partial charge in [0.05, 0.1) is 41.4 Å². The predicted octanol–water partition coefficient (Wildman–Crippen LogP) is 2.19. The van der Waals surface area contributed by atoms with E-state index in [2.05, 4.69) is 0 Å². The van der Waals surface area contributed by atoms with Gasteiger partial charge >= 0.3 is 5.97 Å². The van der Waals surface area contributed by atoms with E-state index in [-0.39, 0.29) is 33.9 Å². The van der Waals surface area contributed by atoms with E-state index in [0.29, 0.717) is 52.8 Å². The van der Waals surface area contributed by atoms with Gasteiger partial charge in [-0.2, -0.15) is 0 Å². The molecule has 0 radical (unpaired) electrons. The minimum atomic E-state index is -1.07. The summed E-state index contributed by atoms with van der Waals surface area (Å²) in [5, 5.41) is 30.1. The third-order valence-electron chi connectivity index (χ3n) is 7.27. The lowest BCUT2D eigenvalue weighted by Gasteiger charge is -2.45. The highest BCUT2D eigenvalue weighted by atomic mass is 32.2. The second-order valence-electron chi connectivity index (χ2n) is 9.43. The molecule has 0 bridgehead atoms. The van der Waals surface area contributed by atoms with Gasteiger partial charge in [0, 0.05) is 43.0 Å². The zero-order valence-corrected chi connectivity index (χ0v) is 19.8. The molecule has 0 saturated carbocycles. The fourth-order valence-electron chi connectivity index (χ4n) is 5.59. The van der Waals surface area contributed by atoms with Crippen molar-refractivity contribution in [2.24, 2.45) is 0 Å². The van der Waals surface area contributed by atoms with E-state index in [9.17, 15) is 29.7 Å². The molecule has 4 heterocycles. The van der Waals surface area contributed by atoms with Crippen LogP contribution in [-0.4, -0.2) is 71.9 Å². The summed E-state index contributed by atoms with van der Waals surface area (Å²) in [6.07, 6.45) is 4.16.